The molecule has 7 heteroatoms. The third-order valence-electron chi connectivity index (χ3n) is 1.37. The van der Waals surface area contributed by atoms with Crippen LogP contribution in [-0.4, -0.2) is 35.0 Å². The highest BCUT2D eigenvalue weighted by atomic mass is 19.4. The molecule has 0 spiro atoms. The Balaban J connectivity index is 4.46. The van der Waals surface area contributed by atoms with E-state index in [4.69, 9.17) is 5.11 Å². The molecule has 0 heterocycles. The zero-order chi connectivity index (χ0) is 12.4. The second-order valence-corrected chi connectivity index (χ2v) is 4.05. The van der Waals surface area contributed by atoms with E-state index in [0.29, 0.717) is 0 Å². The van der Waals surface area contributed by atoms with Gasteiger partial charge in [0.15, 0.2) is 6.10 Å². The molecule has 15 heavy (non-hydrogen) atoms. The number of halogens is 3. The highest BCUT2D eigenvalue weighted by Gasteiger charge is 2.45. The average Bonchev–Trinajstić information content (AvgIpc) is 1.96. The van der Waals surface area contributed by atoms with E-state index in [9.17, 15) is 18.0 Å². The number of ether oxygens (including phenoxy) is 1. The highest BCUT2D eigenvalue weighted by Crippen LogP contribution is 2.22. The summed E-state index contributed by atoms with van der Waals surface area (Å²) in [5, 5.41) is 8.97. The fraction of sp³-hybridized carbons (Fsp3) is 0.875. The van der Waals surface area contributed by atoms with Crippen LogP contribution in [-0.2, 0) is 9.53 Å². The van der Waals surface area contributed by atoms with Crippen LogP contribution in [0.3, 0.4) is 0 Å². The summed E-state index contributed by atoms with van der Waals surface area (Å²) in [6, 6.07) is -2.63. The fourth-order valence-corrected chi connectivity index (χ4v) is 0.688. The van der Waals surface area contributed by atoms with Crippen LogP contribution < -0.4 is 5.73 Å². The first kappa shape index (κ1) is 14.2. The number of hydrogen-bond acceptors (Lipinski definition) is 4. The van der Waals surface area contributed by atoms with Crippen LogP contribution in [0, 0.1) is 0 Å². The van der Waals surface area contributed by atoms with Crippen molar-refractivity contribution in [3.8, 4) is 0 Å². The molecule has 0 rings (SSSR count). The van der Waals surface area contributed by atoms with Crippen molar-refractivity contribution in [3.05, 3.63) is 0 Å². The lowest BCUT2D eigenvalue weighted by molar-refractivity contribution is -0.192. The van der Waals surface area contributed by atoms with E-state index in [1.165, 1.54) is 20.8 Å². The minimum absolute atomic E-state index is 0.969. The van der Waals surface area contributed by atoms with Crippen molar-refractivity contribution in [1.29, 1.82) is 0 Å². The predicted octanol–water partition coefficient (Wildman–Crippen LogP) is 0.579. The summed E-state index contributed by atoms with van der Waals surface area (Å²) in [4.78, 5) is 11.0. The Morgan fingerprint density at radius 1 is 1.33 bits per heavy atom. The number of aliphatic hydroxyl groups excluding tert-OH is 1. The van der Waals surface area contributed by atoms with Crippen molar-refractivity contribution in [2.75, 3.05) is 0 Å². The van der Waals surface area contributed by atoms with E-state index in [-0.39, 0.29) is 0 Å². The summed E-state index contributed by atoms with van der Waals surface area (Å²) in [5.41, 5.74) is 3.67. The largest absolute Gasteiger partial charge is 0.458 e. The van der Waals surface area contributed by atoms with Crippen molar-refractivity contribution < 1.29 is 27.8 Å². The normalized spacial score (nSPS) is 17.1. The Kier molecular flexibility index (Phi) is 4.12. The highest BCUT2D eigenvalue weighted by molar-refractivity contribution is 5.75. The van der Waals surface area contributed by atoms with Crippen LogP contribution in [0.2, 0.25) is 0 Å². The van der Waals surface area contributed by atoms with Gasteiger partial charge in [0.25, 0.3) is 0 Å². The van der Waals surface area contributed by atoms with Crippen molar-refractivity contribution in [3.63, 3.8) is 0 Å². The summed E-state index contributed by atoms with van der Waals surface area (Å²) in [6.07, 6.45) is -7.24. The number of rotatable bonds is 2. The molecule has 0 unspecified atom stereocenters. The molecule has 0 aliphatic rings. The molecule has 0 saturated heterocycles. The molecule has 4 nitrogen and oxygen atoms in total. The van der Waals surface area contributed by atoms with Crippen LogP contribution in [0.25, 0.3) is 0 Å². The molecular weight excluding hydrogens is 215 g/mol. The van der Waals surface area contributed by atoms with Gasteiger partial charge >= 0.3 is 12.1 Å². The maximum Gasteiger partial charge on any atom is 0.406 e. The first-order valence-electron chi connectivity index (χ1n) is 4.18. The number of esters is 1. The smallest absolute Gasteiger partial charge is 0.406 e. The SMILES string of the molecule is CC(C)(C)OC(=O)[C@H](O)[C@H](N)C(F)(F)F. The van der Waals surface area contributed by atoms with Gasteiger partial charge in [-0.05, 0) is 20.8 Å². The van der Waals surface area contributed by atoms with Crippen molar-refractivity contribution in [1.82, 2.24) is 0 Å². The molecule has 0 aromatic heterocycles. The summed E-state index contributed by atoms with van der Waals surface area (Å²) in [6.45, 7) is 4.41. The molecule has 2 atom stereocenters. The quantitative estimate of drug-likeness (QED) is 0.679. The molecule has 0 bridgehead atoms. The van der Waals surface area contributed by atoms with Crippen molar-refractivity contribution >= 4 is 5.97 Å². The maximum absolute atomic E-state index is 12.0. The standard InChI is InChI=1S/C8H14F3NO3/c1-7(2,3)15-6(14)4(13)5(12)8(9,10)11/h4-5,13H,12H2,1-3H3/t4-,5+/m1/s1. The topological polar surface area (TPSA) is 72.5 Å². The molecule has 0 radical (unpaired) electrons. The molecule has 0 fully saturated rings. The lowest BCUT2D eigenvalue weighted by Crippen LogP contribution is -2.52. The number of aliphatic hydroxyl groups is 1. The van der Waals surface area contributed by atoms with Gasteiger partial charge in [0.2, 0.25) is 0 Å². The molecule has 0 amide bonds. The van der Waals surface area contributed by atoms with Crippen LogP contribution in [0.15, 0.2) is 0 Å². The molecule has 0 aliphatic carbocycles. The maximum atomic E-state index is 12.0. The van der Waals surface area contributed by atoms with Gasteiger partial charge < -0.3 is 15.6 Å². The van der Waals surface area contributed by atoms with E-state index < -0.39 is 29.9 Å². The van der Waals surface area contributed by atoms with Gasteiger partial charge in [-0.3, -0.25) is 0 Å². The summed E-state index contributed by atoms with van der Waals surface area (Å²) >= 11 is 0. The Hall–Kier alpha value is -0.820. The predicted molar refractivity (Wildman–Crippen MR) is 45.9 cm³/mol. The monoisotopic (exact) mass is 229 g/mol. The van der Waals surface area contributed by atoms with E-state index in [0.717, 1.165) is 0 Å². The van der Waals surface area contributed by atoms with E-state index in [1.807, 2.05) is 0 Å². The van der Waals surface area contributed by atoms with Crippen molar-refractivity contribution in [2.24, 2.45) is 5.73 Å². The van der Waals surface area contributed by atoms with E-state index in [2.05, 4.69) is 10.5 Å². The Bertz CT molecular complexity index is 234. The number of carbonyl (C=O) groups excluding carboxylic acids is 1. The van der Waals surface area contributed by atoms with Crippen LogP contribution in [0.4, 0.5) is 13.2 Å². The summed E-state index contributed by atoms with van der Waals surface area (Å²) in [7, 11) is 0. The molecule has 0 aliphatic heterocycles. The van der Waals surface area contributed by atoms with E-state index in [1.54, 1.807) is 0 Å². The van der Waals surface area contributed by atoms with Crippen LogP contribution in [0.1, 0.15) is 20.8 Å². The van der Waals surface area contributed by atoms with Gasteiger partial charge in [0, 0.05) is 0 Å². The average molecular weight is 229 g/mol. The summed E-state index contributed by atoms with van der Waals surface area (Å²) < 4.78 is 40.5. The van der Waals surface area contributed by atoms with E-state index >= 15 is 0 Å². The zero-order valence-electron chi connectivity index (χ0n) is 8.63. The van der Waals surface area contributed by atoms with Crippen LogP contribution in [0.5, 0.6) is 0 Å². The van der Waals surface area contributed by atoms with Gasteiger partial charge in [0.1, 0.15) is 11.6 Å². The zero-order valence-corrected chi connectivity index (χ0v) is 8.63. The third-order valence-corrected chi connectivity index (χ3v) is 1.37. The Labute approximate surface area is 85.2 Å². The first-order valence-corrected chi connectivity index (χ1v) is 4.18. The van der Waals surface area contributed by atoms with Crippen LogP contribution >= 0.6 is 0 Å². The minimum Gasteiger partial charge on any atom is -0.458 e. The van der Waals surface area contributed by atoms with Gasteiger partial charge in [-0.2, -0.15) is 13.2 Å². The van der Waals surface area contributed by atoms with Gasteiger partial charge in [-0.25, -0.2) is 4.79 Å². The van der Waals surface area contributed by atoms with Crippen molar-refractivity contribution in [2.45, 2.75) is 44.7 Å². The molecule has 0 saturated carbocycles. The van der Waals surface area contributed by atoms with Gasteiger partial charge in [0.05, 0.1) is 0 Å². The number of hydrogen-bond donors (Lipinski definition) is 2. The Morgan fingerprint density at radius 3 is 2.00 bits per heavy atom. The number of alkyl halides is 3. The van der Waals surface area contributed by atoms with Gasteiger partial charge in [-0.1, -0.05) is 0 Å². The Morgan fingerprint density at radius 2 is 1.73 bits per heavy atom. The van der Waals surface area contributed by atoms with Gasteiger partial charge in [-0.15, -0.1) is 0 Å². The summed E-state index contributed by atoms with van der Waals surface area (Å²) in [5.74, 6) is -1.38. The number of nitrogens with two attached hydrogens (primary N) is 1. The molecule has 3 N–H and O–H groups in total. The third kappa shape index (κ3) is 4.98. The molecule has 90 valence electrons. The molecule has 0 aromatic carbocycles. The second-order valence-electron chi connectivity index (χ2n) is 4.05. The lowest BCUT2D eigenvalue weighted by atomic mass is 10.1. The number of carbonyl (C=O) groups is 1. The first-order chi connectivity index (χ1) is 6.45. The lowest BCUT2D eigenvalue weighted by Gasteiger charge is -2.25. The molecule has 0 aromatic rings. The second kappa shape index (κ2) is 4.36. The molecular formula is C8H14F3NO3. The fourth-order valence-electron chi connectivity index (χ4n) is 0.688. The minimum atomic E-state index is -4.84.